The summed E-state index contributed by atoms with van der Waals surface area (Å²) in [6.07, 6.45) is 1.51. The van der Waals surface area contributed by atoms with E-state index in [1.807, 2.05) is 24.3 Å². The van der Waals surface area contributed by atoms with Crippen LogP contribution in [0.5, 0.6) is 0 Å². The number of nitrogens with one attached hydrogen (secondary N) is 1. The number of nitrogens with zero attached hydrogens (tertiary/aromatic N) is 2. The van der Waals surface area contributed by atoms with Gasteiger partial charge in [0.1, 0.15) is 0 Å². The predicted molar refractivity (Wildman–Crippen MR) is 135 cm³/mol. The maximum atomic E-state index is 13.8. The average molecular weight is 514 g/mol. The first-order valence-electron chi connectivity index (χ1n) is 11.5. The number of carbonyl (C=O) groups excluding carboxylic acids is 2. The average Bonchev–Trinajstić information content (AvgIpc) is 3.49. The lowest BCUT2D eigenvalue weighted by molar-refractivity contribution is -0.122. The predicted octanol–water partition coefficient (Wildman–Crippen LogP) is 4.34. The molecule has 36 heavy (non-hydrogen) atoms. The summed E-state index contributed by atoms with van der Waals surface area (Å²) in [6.45, 7) is 0. The van der Waals surface area contributed by atoms with Crippen LogP contribution >= 0.6 is 11.3 Å². The Morgan fingerprint density at radius 2 is 1.25 bits per heavy atom. The quantitative estimate of drug-likeness (QED) is 0.410. The number of thiazole rings is 1. The van der Waals surface area contributed by atoms with Gasteiger partial charge in [0.05, 0.1) is 22.4 Å². The number of hydrogen-bond acceptors (Lipinski definition) is 6. The van der Waals surface area contributed by atoms with E-state index in [0.717, 1.165) is 22.3 Å². The van der Waals surface area contributed by atoms with Crippen LogP contribution in [0.15, 0.2) is 89.3 Å². The number of carbonyl (C=O) groups is 2. The van der Waals surface area contributed by atoms with Crippen molar-refractivity contribution in [2.24, 2.45) is 11.8 Å². The fourth-order valence-corrected chi connectivity index (χ4v) is 7.94. The van der Waals surface area contributed by atoms with Gasteiger partial charge in [-0.05, 0) is 46.5 Å². The van der Waals surface area contributed by atoms with Crippen molar-refractivity contribution >= 4 is 44.0 Å². The molecule has 2 heterocycles. The Bertz CT molecular complexity index is 1530. The molecule has 1 aromatic heterocycles. The summed E-state index contributed by atoms with van der Waals surface area (Å²) in [5.74, 6) is -1.81. The summed E-state index contributed by atoms with van der Waals surface area (Å²) in [5.41, 5.74) is 4.82. The lowest BCUT2D eigenvalue weighted by atomic mass is 9.55. The van der Waals surface area contributed by atoms with Crippen LogP contribution in [0.1, 0.15) is 34.1 Å². The first-order chi connectivity index (χ1) is 17.5. The molecule has 1 N–H and O–H groups in total. The second kappa shape index (κ2) is 7.59. The summed E-state index contributed by atoms with van der Waals surface area (Å²) in [7, 11) is -3.84. The van der Waals surface area contributed by atoms with E-state index in [1.54, 1.807) is 5.38 Å². The number of aromatic nitrogens is 1. The zero-order valence-corrected chi connectivity index (χ0v) is 20.4. The second-order valence-electron chi connectivity index (χ2n) is 9.21. The summed E-state index contributed by atoms with van der Waals surface area (Å²) in [5, 5.41) is 1.94. The van der Waals surface area contributed by atoms with E-state index in [0.29, 0.717) is 5.69 Å². The van der Waals surface area contributed by atoms with Crippen LogP contribution in [0.2, 0.25) is 0 Å². The monoisotopic (exact) mass is 513 g/mol. The number of imide groups is 1. The van der Waals surface area contributed by atoms with Gasteiger partial charge in [-0.2, -0.15) is 0 Å². The highest BCUT2D eigenvalue weighted by Gasteiger charge is 2.61. The maximum Gasteiger partial charge on any atom is 0.263 e. The van der Waals surface area contributed by atoms with E-state index >= 15 is 0 Å². The first kappa shape index (κ1) is 21.5. The van der Waals surface area contributed by atoms with Crippen LogP contribution in [0.3, 0.4) is 0 Å². The van der Waals surface area contributed by atoms with Gasteiger partial charge in [-0.3, -0.25) is 14.3 Å². The van der Waals surface area contributed by atoms with Crippen molar-refractivity contribution in [3.05, 3.63) is 107 Å². The van der Waals surface area contributed by atoms with Crippen LogP contribution in [-0.4, -0.2) is 25.2 Å². The van der Waals surface area contributed by atoms with Crippen molar-refractivity contribution in [3.8, 4) is 0 Å². The van der Waals surface area contributed by atoms with Crippen molar-refractivity contribution in [2.45, 2.75) is 16.7 Å². The van der Waals surface area contributed by atoms with Crippen molar-refractivity contribution in [3.63, 3.8) is 0 Å². The highest BCUT2D eigenvalue weighted by Crippen LogP contribution is 2.61. The number of hydrogen-bond donors (Lipinski definition) is 1. The van der Waals surface area contributed by atoms with Crippen molar-refractivity contribution < 1.29 is 18.0 Å². The van der Waals surface area contributed by atoms with Gasteiger partial charge in [-0.1, -0.05) is 48.5 Å². The van der Waals surface area contributed by atoms with Crippen LogP contribution < -0.4 is 9.62 Å². The van der Waals surface area contributed by atoms with Gasteiger partial charge in [-0.25, -0.2) is 18.3 Å². The van der Waals surface area contributed by atoms with Gasteiger partial charge in [0.15, 0.2) is 5.13 Å². The second-order valence-corrected chi connectivity index (χ2v) is 11.8. The Labute approximate surface area is 211 Å². The van der Waals surface area contributed by atoms with Gasteiger partial charge in [0, 0.05) is 23.4 Å². The van der Waals surface area contributed by atoms with E-state index in [1.165, 1.54) is 46.7 Å². The van der Waals surface area contributed by atoms with E-state index in [9.17, 15) is 18.0 Å². The van der Waals surface area contributed by atoms with Crippen LogP contribution in [0.25, 0.3) is 0 Å². The van der Waals surface area contributed by atoms with E-state index in [2.05, 4.69) is 34.0 Å². The topological polar surface area (TPSA) is 96.4 Å². The number of sulfonamides is 1. The molecule has 4 aliphatic rings. The molecular weight excluding hydrogens is 494 g/mol. The van der Waals surface area contributed by atoms with Crippen LogP contribution in [0.4, 0.5) is 10.8 Å². The highest BCUT2D eigenvalue weighted by atomic mass is 32.2. The Hall–Kier alpha value is -3.82. The molecule has 2 amide bonds. The number of amides is 2. The van der Waals surface area contributed by atoms with E-state index in [4.69, 9.17) is 0 Å². The van der Waals surface area contributed by atoms with E-state index < -0.39 is 21.9 Å². The summed E-state index contributed by atoms with van der Waals surface area (Å²) >= 11 is 1.18. The third-order valence-electron chi connectivity index (χ3n) is 7.51. The standard InChI is InChI=1S/C27H19N3O4S2/c31-25-23-21-17-5-1-2-6-18(17)22(20-8-4-3-7-19(20)21)24(23)26(32)30(25)15-9-11-16(12-10-15)36(33,34)29-27-28-13-14-35-27/h1-14,21-24H,(H,28,29). The molecule has 1 saturated heterocycles. The molecule has 0 radical (unpaired) electrons. The molecule has 8 rings (SSSR count). The molecular formula is C27H19N3O4S2. The van der Waals surface area contributed by atoms with Crippen molar-refractivity contribution in [1.29, 1.82) is 0 Å². The molecule has 0 spiro atoms. The summed E-state index contributed by atoms with van der Waals surface area (Å²) < 4.78 is 27.9. The third-order valence-corrected chi connectivity index (χ3v) is 9.68. The largest absolute Gasteiger partial charge is 0.274 e. The molecule has 2 unspecified atom stereocenters. The molecule has 3 aliphatic carbocycles. The minimum atomic E-state index is -3.84. The molecule has 4 aromatic rings. The normalized spacial score (nSPS) is 23.8. The van der Waals surface area contributed by atoms with Crippen LogP contribution in [0, 0.1) is 11.8 Å². The minimum Gasteiger partial charge on any atom is -0.274 e. The fraction of sp³-hybridized carbons (Fsp3) is 0.148. The SMILES string of the molecule is O=C1C2C3c4ccccc4C(c4ccccc43)C2C(=O)N1c1ccc(S(=O)(=O)Nc2nccs2)cc1. The van der Waals surface area contributed by atoms with Gasteiger partial charge >= 0.3 is 0 Å². The van der Waals surface area contributed by atoms with Crippen molar-refractivity contribution in [1.82, 2.24) is 4.98 Å². The lowest BCUT2D eigenvalue weighted by Gasteiger charge is -2.45. The smallest absolute Gasteiger partial charge is 0.263 e. The first-order valence-corrected chi connectivity index (χ1v) is 13.9. The molecule has 9 heteroatoms. The fourth-order valence-electron chi connectivity index (χ4n) is 6.15. The van der Waals surface area contributed by atoms with Gasteiger partial charge in [0.2, 0.25) is 11.8 Å². The lowest BCUT2D eigenvalue weighted by Crippen LogP contribution is -2.41. The Morgan fingerprint density at radius 3 is 1.69 bits per heavy atom. The number of benzene rings is 3. The van der Waals surface area contributed by atoms with Crippen LogP contribution in [-0.2, 0) is 19.6 Å². The Morgan fingerprint density at radius 1 is 0.750 bits per heavy atom. The summed E-state index contributed by atoms with van der Waals surface area (Å²) in [4.78, 5) is 32.9. The van der Waals surface area contributed by atoms with Gasteiger partial charge in [0.25, 0.3) is 10.0 Å². The number of anilines is 2. The van der Waals surface area contributed by atoms with Gasteiger partial charge in [-0.15, -0.1) is 11.3 Å². The third kappa shape index (κ3) is 2.90. The Kier molecular flexibility index (Phi) is 4.52. The molecule has 178 valence electrons. The van der Waals surface area contributed by atoms with Crippen molar-refractivity contribution in [2.75, 3.05) is 9.62 Å². The molecule has 3 aromatic carbocycles. The zero-order chi connectivity index (χ0) is 24.6. The molecule has 1 aliphatic heterocycles. The van der Waals surface area contributed by atoms with E-state index in [-0.39, 0.29) is 33.7 Å². The molecule has 7 nitrogen and oxygen atoms in total. The van der Waals surface area contributed by atoms with Gasteiger partial charge < -0.3 is 0 Å². The molecule has 2 bridgehead atoms. The Balaban J connectivity index is 1.27. The maximum absolute atomic E-state index is 13.8. The molecule has 1 fully saturated rings. The molecule has 2 atom stereocenters. The number of rotatable bonds is 4. The highest BCUT2D eigenvalue weighted by molar-refractivity contribution is 7.93. The minimum absolute atomic E-state index is 0.0258. The molecule has 0 saturated carbocycles. The summed E-state index contributed by atoms with van der Waals surface area (Å²) in [6, 6.07) is 22.0. The zero-order valence-electron chi connectivity index (χ0n) is 18.7.